The number of amides is 1. The molecule has 1 N–H and O–H groups in total. The van der Waals surface area contributed by atoms with Crippen LogP contribution in [0.15, 0.2) is 53.1 Å². The van der Waals surface area contributed by atoms with Crippen LogP contribution in [0.25, 0.3) is 17.5 Å². The topological polar surface area (TPSA) is 86.5 Å². The number of nitrogens with one attached hydrogen (secondary N) is 1. The maximum Gasteiger partial charge on any atom is 0.246 e. The number of carbonyl (C=O) groups is 1. The molecule has 0 aliphatic heterocycles. The second-order valence-corrected chi connectivity index (χ2v) is 6.04. The highest BCUT2D eigenvalue weighted by Crippen LogP contribution is 2.27. The molecule has 3 rings (SSSR count). The third-order valence-electron chi connectivity index (χ3n) is 4.03. The summed E-state index contributed by atoms with van der Waals surface area (Å²) < 4.78 is 15.6. The molecule has 0 atom stereocenters. The summed E-state index contributed by atoms with van der Waals surface area (Å²) in [5, 5.41) is 6.66. The van der Waals surface area contributed by atoms with Crippen LogP contribution in [0.1, 0.15) is 17.0 Å². The summed E-state index contributed by atoms with van der Waals surface area (Å²) in [5.41, 5.74) is 2.83. The van der Waals surface area contributed by atoms with E-state index in [1.807, 2.05) is 37.3 Å². The van der Waals surface area contributed by atoms with E-state index in [1.54, 1.807) is 32.4 Å². The Morgan fingerprint density at radius 2 is 1.86 bits per heavy atom. The number of benzene rings is 2. The first kappa shape index (κ1) is 19.2. The van der Waals surface area contributed by atoms with E-state index < -0.39 is 0 Å². The first-order valence-corrected chi connectivity index (χ1v) is 8.66. The molecular formula is C21H21N3O4. The average Bonchev–Trinajstić information content (AvgIpc) is 3.20. The van der Waals surface area contributed by atoms with Crippen LogP contribution in [-0.4, -0.2) is 30.3 Å². The monoisotopic (exact) mass is 379 g/mol. The highest BCUT2D eigenvalue weighted by Gasteiger charge is 2.09. The minimum absolute atomic E-state index is 0.147. The third-order valence-corrected chi connectivity index (χ3v) is 4.03. The number of aryl methyl sites for hydroxylation is 1. The van der Waals surface area contributed by atoms with Crippen molar-refractivity contribution in [2.45, 2.75) is 13.5 Å². The van der Waals surface area contributed by atoms with Gasteiger partial charge < -0.3 is 19.3 Å². The van der Waals surface area contributed by atoms with Crippen LogP contribution >= 0.6 is 0 Å². The normalized spacial score (nSPS) is 10.8. The molecule has 1 heterocycles. The van der Waals surface area contributed by atoms with Crippen LogP contribution in [0.2, 0.25) is 0 Å². The van der Waals surface area contributed by atoms with E-state index in [4.69, 9.17) is 14.0 Å². The zero-order valence-corrected chi connectivity index (χ0v) is 15.9. The fourth-order valence-electron chi connectivity index (χ4n) is 2.50. The van der Waals surface area contributed by atoms with Crippen molar-refractivity contribution < 1.29 is 18.8 Å². The number of hydrogen-bond acceptors (Lipinski definition) is 6. The average molecular weight is 379 g/mol. The second-order valence-electron chi connectivity index (χ2n) is 6.04. The summed E-state index contributed by atoms with van der Waals surface area (Å²) in [5.74, 6) is 1.78. The van der Waals surface area contributed by atoms with Gasteiger partial charge in [0.05, 0.1) is 20.8 Å². The standard InChI is InChI=1S/C21H21N3O4/c1-14-4-8-16(9-5-14)21-23-20(28-24-21)13-22-19(25)11-7-15-6-10-17(26-2)18(12-15)27-3/h4-12H,13H2,1-3H3,(H,22,25). The fourth-order valence-corrected chi connectivity index (χ4v) is 2.50. The van der Waals surface area contributed by atoms with Gasteiger partial charge in [-0.1, -0.05) is 41.1 Å². The van der Waals surface area contributed by atoms with Crippen LogP contribution in [0.5, 0.6) is 11.5 Å². The number of rotatable bonds is 7. The number of nitrogens with zero attached hydrogens (tertiary/aromatic N) is 2. The van der Waals surface area contributed by atoms with Crippen molar-refractivity contribution in [1.82, 2.24) is 15.5 Å². The van der Waals surface area contributed by atoms with Gasteiger partial charge in [0.1, 0.15) is 0 Å². The molecule has 0 spiro atoms. The Morgan fingerprint density at radius 3 is 2.57 bits per heavy atom. The molecule has 144 valence electrons. The molecule has 0 radical (unpaired) electrons. The van der Waals surface area contributed by atoms with E-state index >= 15 is 0 Å². The number of ether oxygens (including phenoxy) is 2. The van der Waals surface area contributed by atoms with Gasteiger partial charge in [-0.2, -0.15) is 4.98 Å². The molecule has 1 aromatic heterocycles. The maximum absolute atomic E-state index is 12.0. The van der Waals surface area contributed by atoms with Gasteiger partial charge in [-0.3, -0.25) is 4.79 Å². The van der Waals surface area contributed by atoms with Crippen LogP contribution in [0.3, 0.4) is 0 Å². The van der Waals surface area contributed by atoms with Crippen molar-refractivity contribution in [3.05, 3.63) is 65.6 Å². The molecule has 2 aromatic carbocycles. The van der Waals surface area contributed by atoms with Crippen LogP contribution in [0.4, 0.5) is 0 Å². The van der Waals surface area contributed by atoms with Crippen LogP contribution in [-0.2, 0) is 11.3 Å². The lowest BCUT2D eigenvalue weighted by atomic mass is 10.1. The van der Waals surface area contributed by atoms with Crippen LogP contribution in [0, 0.1) is 6.92 Å². The third kappa shape index (κ3) is 4.76. The van der Waals surface area contributed by atoms with Crippen molar-refractivity contribution >= 4 is 12.0 Å². The van der Waals surface area contributed by atoms with Gasteiger partial charge in [0, 0.05) is 11.6 Å². The number of hydrogen-bond donors (Lipinski definition) is 1. The number of methoxy groups -OCH3 is 2. The minimum Gasteiger partial charge on any atom is -0.493 e. The van der Waals surface area contributed by atoms with Gasteiger partial charge in [0.25, 0.3) is 0 Å². The molecule has 0 aliphatic carbocycles. The van der Waals surface area contributed by atoms with Gasteiger partial charge in [-0.25, -0.2) is 0 Å². The smallest absolute Gasteiger partial charge is 0.246 e. The van der Waals surface area contributed by atoms with Gasteiger partial charge in [0.15, 0.2) is 11.5 Å². The van der Waals surface area contributed by atoms with Crippen molar-refractivity contribution in [2.75, 3.05) is 14.2 Å². The summed E-state index contributed by atoms with van der Waals surface area (Å²) in [6, 6.07) is 13.2. The molecule has 0 bridgehead atoms. The fraction of sp³-hybridized carbons (Fsp3) is 0.190. The van der Waals surface area contributed by atoms with E-state index in [2.05, 4.69) is 15.5 Å². The molecule has 0 unspecified atom stereocenters. The predicted molar refractivity (Wildman–Crippen MR) is 105 cm³/mol. The lowest BCUT2D eigenvalue weighted by Crippen LogP contribution is -2.20. The Balaban J connectivity index is 1.57. The molecule has 7 nitrogen and oxygen atoms in total. The summed E-state index contributed by atoms with van der Waals surface area (Å²) >= 11 is 0. The van der Waals surface area contributed by atoms with E-state index in [1.165, 1.54) is 6.08 Å². The zero-order chi connectivity index (χ0) is 19.9. The highest BCUT2D eigenvalue weighted by molar-refractivity contribution is 5.91. The lowest BCUT2D eigenvalue weighted by Gasteiger charge is -2.07. The summed E-state index contributed by atoms with van der Waals surface area (Å²) in [4.78, 5) is 16.3. The van der Waals surface area contributed by atoms with Crippen LogP contribution < -0.4 is 14.8 Å². The Labute approximate surface area is 163 Å². The Hall–Kier alpha value is -3.61. The Morgan fingerprint density at radius 1 is 1.11 bits per heavy atom. The maximum atomic E-state index is 12.0. The molecule has 1 amide bonds. The molecule has 3 aromatic rings. The summed E-state index contributed by atoms with van der Waals surface area (Å²) in [6.07, 6.45) is 3.11. The molecule has 0 aliphatic rings. The Kier molecular flexibility index (Phi) is 6.06. The summed E-state index contributed by atoms with van der Waals surface area (Å²) in [6.45, 7) is 2.16. The predicted octanol–water partition coefficient (Wildman–Crippen LogP) is 3.39. The van der Waals surface area contributed by atoms with Crippen molar-refractivity contribution in [2.24, 2.45) is 0 Å². The second kappa shape index (κ2) is 8.85. The molecule has 0 saturated carbocycles. The van der Waals surface area contributed by atoms with Gasteiger partial charge >= 0.3 is 0 Å². The van der Waals surface area contributed by atoms with Crippen molar-refractivity contribution in [3.63, 3.8) is 0 Å². The van der Waals surface area contributed by atoms with E-state index in [-0.39, 0.29) is 12.5 Å². The van der Waals surface area contributed by atoms with Crippen molar-refractivity contribution in [3.8, 4) is 22.9 Å². The highest BCUT2D eigenvalue weighted by atomic mass is 16.5. The van der Waals surface area contributed by atoms with Gasteiger partial charge in [0.2, 0.25) is 17.6 Å². The van der Waals surface area contributed by atoms with E-state index in [0.29, 0.717) is 23.2 Å². The first-order valence-electron chi connectivity index (χ1n) is 8.66. The molecule has 28 heavy (non-hydrogen) atoms. The molecule has 7 heteroatoms. The van der Waals surface area contributed by atoms with E-state index in [0.717, 1.165) is 16.7 Å². The van der Waals surface area contributed by atoms with Gasteiger partial charge in [-0.05, 0) is 30.7 Å². The minimum atomic E-state index is -0.273. The zero-order valence-electron chi connectivity index (χ0n) is 15.9. The lowest BCUT2D eigenvalue weighted by molar-refractivity contribution is -0.116. The summed E-state index contributed by atoms with van der Waals surface area (Å²) in [7, 11) is 3.13. The van der Waals surface area contributed by atoms with Crippen molar-refractivity contribution in [1.29, 1.82) is 0 Å². The molecule has 0 saturated heterocycles. The van der Waals surface area contributed by atoms with Gasteiger partial charge in [-0.15, -0.1) is 0 Å². The number of aromatic nitrogens is 2. The SMILES string of the molecule is COc1ccc(C=CC(=O)NCc2nc(-c3ccc(C)cc3)no2)cc1OC. The Bertz CT molecular complexity index is 978. The molecule has 0 fully saturated rings. The quantitative estimate of drug-likeness (QED) is 0.633. The van der Waals surface area contributed by atoms with E-state index in [9.17, 15) is 4.79 Å². The first-order chi connectivity index (χ1) is 13.6. The number of carbonyl (C=O) groups excluding carboxylic acids is 1. The largest absolute Gasteiger partial charge is 0.493 e. The molecular weight excluding hydrogens is 358 g/mol.